The van der Waals surface area contributed by atoms with Crippen LogP contribution in [0, 0.1) is 10.1 Å². The summed E-state index contributed by atoms with van der Waals surface area (Å²) >= 11 is 0. The zero-order chi connectivity index (χ0) is 15.0. The van der Waals surface area contributed by atoms with Gasteiger partial charge in [0, 0.05) is 25.3 Å². The molecule has 0 amide bonds. The number of nitrogens with one attached hydrogen (secondary N) is 1. The highest BCUT2D eigenvalue weighted by Gasteiger charge is 2.20. The van der Waals surface area contributed by atoms with E-state index in [1.807, 2.05) is 6.92 Å². The van der Waals surface area contributed by atoms with Gasteiger partial charge in [0.2, 0.25) is 0 Å². The Morgan fingerprint density at radius 1 is 1.55 bits per heavy atom. The highest BCUT2D eigenvalue weighted by Crippen LogP contribution is 2.19. The van der Waals surface area contributed by atoms with Crippen LogP contribution in [0.15, 0.2) is 24.3 Å². The molecule has 1 rings (SSSR count). The molecule has 0 saturated heterocycles. The van der Waals surface area contributed by atoms with Gasteiger partial charge in [0.25, 0.3) is 5.69 Å². The van der Waals surface area contributed by atoms with E-state index in [1.54, 1.807) is 6.07 Å². The van der Waals surface area contributed by atoms with E-state index in [0.29, 0.717) is 31.7 Å². The van der Waals surface area contributed by atoms with Crippen molar-refractivity contribution in [2.45, 2.75) is 19.4 Å². The molecule has 0 fully saturated rings. The Balaban J connectivity index is 2.68. The minimum atomic E-state index is -1.07. The van der Waals surface area contributed by atoms with E-state index in [2.05, 4.69) is 5.32 Å². The van der Waals surface area contributed by atoms with Crippen LogP contribution in [0.2, 0.25) is 0 Å². The molecule has 0 heterocycles. The monoisotopic (exact) mass is 282 g/mol. The molecule has 2 N–H and O–H groups in total. The van der Waals surface area contributed by atoms with Crippen LogP contribution >= 0.6 is 0 Å². The smallest absolute Gasteiger partial charge is 0.325 e. The lowest BCUT2D eigenvalue weighted by Gasteiger charge is -2.14. The lowest BCUT2D eigenvalue weighted by Crippen LogP contribution is -2.29. The molecule has 20 heavy (non-hydrogen) atoms. The number of nitro groups is 1. The van der Waals surface area contributed by atoms with E-state index < -0.39 is 16.9 Å². The lowest BCUT2D eigenvalue weighted by atomic mass is 10.1. The number of carbonyl (C=O) groups is 1. The summed E-state index contributed by atoms with van der Waals surface area (Å²) in [6, 6.07) is 4.68. The Morgan fingerprint density at radius 3 is 2.90 bits per heavy atom. The second kappa shape index (κ2) is 8.23. The number of ether oxygens (including phenoxy) is 1. The SMILES string of the molecule is CCOCCCNC(C(=O)O)c1cccc([N+](=O)[O-])c1. The minimum absolute atomic E-state index is 0.120. The summed E-state index contributed by atoms with van der Waals surface area (Å²) in [6.45, 7) is 3.51. The Labute approximate surface area is 116 Å². The number of rotatable bonds is 9. The van der Waals surface area contributed by atoms with Gasteiger partial charge in [-0.3, -0.25) is 14.9 Å². The number of carboxylic acids is 1. The van der Waals surface area contributed by atoms with Crippen LogP contribution in [0.3, 0.4) is 0 Å². The molecular formula is C13H18N2O5. The summed E-state index contributed by atoms with van der Waals surface area (Å²) in [7, 11) is 0. The molecule has 0 bridgehead atoms. The molecule has 0 aliphatic rings. The largest absolute Gasteiger partial charge is 0.480 e. The average Bonchev–Trinajstić information content (AvgIpc) is 2.42. The van der Waals surface area contributed by atoms with Crippen molar-refractivity contribution in [3.63, 3.8) is 0 Å². The quantitative estimate of drug-likeness (QED) is 0.406. The Bertz CT molecular complexity index is 464. The van der Waals surface area contributed by atoms with Crippen molar-refractivity contribution in [2.24, 2.45) is 0 Å². The van der Waals surface area contributed by atoms with Gasteiger partial charge in [-0.05, 0) is 25.5 Å². The van der Waals surface area contributed by atoms with E-state index in [-0.39, 0.29) is 5.69 Å². The van der Waals surface area contributed by atoms with E-state index >= 15 is 0 Å². The standard InChI is InChI=1S/C13H18N2O5/c1-2-20-8-4-7-14-12(13(16)17)10-5-3-6-11(9-10)15(18)19/h3,5-6,9,12,14H,2,4,7-8H2,1H3,(H,16,17). The summed E-state index contributed by atoms with van der Waals surface area (Å²) in [5, 5.41) is 22.8. The summed E-state index contributed by atoms with van der Waals surface area (Å²) < 4.78 is 5.16. The number of nitro benzene ring substituents is 1. The first-order valence-corrected chi connectivity index (χ1v) is 6.34. The summed E-state index contributed by atoms with van der Waals surface area (Å²) in [4.78, 5) is 21.4. The first-order valence-electron chi connectivity index (χ1n) is 6.34. The van der Waals surface area contributed by atoms with Crippen LogP contribution in [0.25, 0.3) is 0 Å². The van der Waals surface area contributed by atoms with Gasteiger partial charge >= 0.3 is 5.97 Å². The number of non-ortho nitro benzene ring substituents is 1. The highest BCUT2D eigenvalue weighted by atomic mass is 16.6. The second-order valence-corrected chi connectivity index (χ2v) is 4.13. The molecule has 1 aromatic carbocycles. The van der Waals surface area contributed by atoms with E-state index in [0.717, 1.165) is 0 Å². The van der Waals surface area contributed by atoms with Crippen LogP contribution in [-0.2, 0) is 9.53 Å². The molecule has 0 aromatic heterocycles. The Hall–Kier alpha value is -1.99. The molecule has 1 unspecified atom stereocenters. The lowest BCUT2D eigenvalue weighted by molar-refractivity contribution is -0.384. The van der Waals surface area contributed by atoms with Gasteiger partial charge in [-0.15, -0.1) is 0 Å². The normalized spacial score (nSPS) is 12.1. The van der Waals surface area contributed by atoms with Gasteiger partial charge in [0.1, 0.15) is 6.04 Å². The van der Waals surface area contributed by atoms with Crippen LogP contribution < -0.4 is 5.32 Å². The number of carboxylic acid groups (broad SMARTS) is 1. The highest BCUT2D eigenvalue weighted by molar-refractivity contribution is 5.75. The molecule has 0 radical (unpaired) electrons. The third kappa shape index (κ3) is 4.94. The number of aliphatic carboxylic acids is 1. The third-order valence-electron chi connectivity index (χ3n) is 2.68. The predicted octanol–water partition coefficient (Wildman–Crippen LogP) is 1.74. The molecule has 110 valence electrons. The summed E-state index contributed by atoms with van der Waals surface area (Å²) in [5.41, 5.74) is 0.243. The molecule has 7 nitrogen and oxygen atoms in total. The van der Waals surface area contributed by atoms with Crippen molar-refractivity contribution >= 4 is 11.7 Å². The van der Waals surface area contributed by atoms with Crippen molar-refractivity contribution in [3.05, 3.63) is 39.9 Å². The van der Waals surface area contributed by atoms with Crippen LogP contribution in [-0.4, -0.2) is 35.8 Å². The zero-order valence-corrected chi connectivity index (χ0v) is 11.2. The molecule has 0 aliphatic carbocycles. The van der Waals surface area contributed by atoms with Crippen LogP contribution in [0.4, 0.5) is 5.69 Å². The van der Waals surface area contributed by atoms with E-state index in [4.69, 9.17) is 4.74 Å². The first kappa shape index (κ1) is 16.1. The summed E-state index contributed by atoms with van der Waals surface area (Å²) in [6.07, 6.45) is 0.673. The second-order valence-electron chi connectivity index (χ2n) is 4.13. The first-order chi connectivity index (χ1) is 9.56. The Kier molecular flexibility index (Phi) is 6.61. The topological polar surface area (TPSA) is 102 Å². The van der Waals surface area contributed by atoms with Crippen LogP contribution in [0.1, 0.15) is 24.9 Å². The van der Waals surface area contributed by atoms with Crippen molar-refractivity contribution in [1.82, 2.24) is 5.32 Å². The molecule has 1 aromatic rings. The number of hydrogen-bond acceptors (Lipinski definition) is 5. The van der Waals surface area contributed by atoms with Gasteiger partial charge in [-0.25, -0.2) is 0 Å². The fourth-order valence-corrected chi connectivity index (χ4v) is 1.73. The molecule has 7 heteroatoms. The predicted molar refractivity (Wildman–Crippen MR) is 72.6 cm³/mol. The Morgan fingerprint density at radius 2 is 2.30 bits per heavy atom. The zero-order valence-electron chi connectivity index (χ0n) is 11.2. The van der Waals surface area contributed by atoms with Crippen molar-refractivity contribution in [1.29, 1.82) is 0 Å². The molecule has 0 saturated carbocycles. The van der Waals surface area contributed by atoms with Crippen molar-refractivity contribution < 1.29 is 19.6 Å². The fraction of sp³-hybridized carbons (Fsp3) is 0.462. The maximum Gasteiger partial charge on any atom is 0.325 e. The number of nitrogens with zero attached hydrogens (tertiary/aromatic N) is 1. The maximum absolute atomic E-state index is 11.2. The van der Waals surface area contributed by atoms with Gasteiger partial charge in [0.15, 0.2) is 0 Å². The maximum atomic E-state index is 11.2. The van der Waals surface area contributed by atoms with Crippen LogP contribution in [0.5, 0.6) is 0 Å². The third-order valence-corrected chi connectivity index (χ3v) is 2.68. The summed E-state index contributed by atoms with van der Waals surface area (Å²) in [5.74, 6) is -1.07. The average molecular weight is 282 g/mol. The van der Waals surface area contributed by atoms with Crippen molar-refractivity contribution in [3.8, 4) is 0 Å². The fourth-order valence-electron chi connectivity index (χ4n) is 1.73. The van der Waals surface area contributed by atoms with Gasteiger partial charge in [0.05, 0.1) is 4.92 Å². The van der Waals surface area contributed by atoms with E-state index in [1.165, 1.54) is 18.2 Å². The van der Waals surface area contributed by atoms with Gasteiger partial charge in [-0.1, -0.05) is 12.1 Å². The molecule has 0 aliphatic heterocycles. The van der Waals surface area contributed by atoms with Crippen molar-refractivity contribution in [2.75, 3.05) is 19.8 Å². The van der Waals surface area contributed by atoms with E-state index in [9.17, 15) is 20.0 Å². The number of benzene rings is 1. The molecular weight excluding hydrogens is 264 g/mol. The minimum Gasteiger partial charge on any atom is -0.480 e. The van der Waals surface area contributed by atoms with Gasteiger partial charge in [-0.2, -0.15) is 0 Å². The molecule has 1 atom stereocenters. The molecule has 0 spiro atoms. The number of hydrogen-bond donors (Lipinski definition) is 2. The van der Waals surface area contributed by atoms with Gasteiger partial charge < -0.3 is 15.2 Å².